The standard InChI is InChI=1S/C19H18FIN2O3/c1-12-14(19(25)23-7-9-26-10-8-23)3-2-4-17(12)22-18(24)15-6-5-13(20)11-16(15)21/h2-6,11H,7-10H2,1H3,(H,22,24). The number of ether oxygens (including phenoxy) is 1. The van der Waals surface area contributed by atoms with E-state index in [4.69, 9.17) is 4.74 Å². The summed E-state index contributed by atoms with van der Waals surface area (Å²) in [6.45, 7) is 3.98. The minimum absolute atomic E-state index is 0.0711. The molecule has 0 aromatic heterocycles. The Morgan fingerprint density at radius 2 is 1.88 bits per heavy atom. The Labute approximate surface area is 164 Å². The molecule has 3 rings (SSSR count). The van der Waals surface area contributed by atoms with Crippen LogP contribution in [-0.4, -0.2) is 43.0 Å². The van der Waals surface area contributed by atoms with Gasteiger partial charge in [-0.05, 0) is 65.4 Å². The third-order valence-electron chi connectivity index (χ3n) is 4.29. The summed E-state index contributed by atoms with van der Waals surface area (Å²) in [5.74, 6) is -0.799. The van der Waals surface area contributed by atoms with Crippen molar-refractivity contribution in [2.24, 2.45) is 0 Å². The van der Waals surface area contributed by atoms with E-state index in [0.717, 1.165) is 0 Å². The lowest BCUT2D eigenvalue weighted by Gasteiger charge is -2.27. The van der Waals surface area contributed by atoms with E-state index in [1.165, 1.54) is 18.2 Å². The van der Waals surface area contributed by atoms with Gasteiger partial charge in [0.25, 0.3) is 11.8 Å². The fraction of sp³-hybridized carbons (Fsp3) is 0.263. The summed E-state index contributed by atoms with van der Waals surface area (Å²) in [7, 11) is 0. The zero-order valence-electron chi connectivity index (χ0n) is 14.2. The molecule has 2 amide bonds. The average molecular weight is 468 g/mol. The van der Waals surface area contributed by atoms with E-state index in [9.17, 15) is 14.0 Å². The second-order valence-corrected chi connectivity index (χ2v) is 7.12. The lowest BCUT2D eigenvalue weighted by Crippen LogP contribution is -2.41. The van der Waals surface area contributed by atoms with Crippen molar-refractivity contribution in [2.75, 3.05) is 31.6 Å². The molecule has 1 aliphatic rings. The molecule has 0 radical (unpaired) electrons. The first-order valence-corrected chi connectivity index (χ1v) is 9.28. The van der Waals surface area contributed by atoms with Crippen molar-refractivity contribution in [2.45, 2.75) is 6.92 Å². The van der Waals surface area contributed by atoms with E-state index in [2.05, 4.69) is 5.32 Å². The smallest absolute Gasteiger partial charge is 0.256 e. The predicted octanol–water partition coefficient (Wildman–Crippen LogP) is 3.46. The fourth-order valence-electron chi connectivity index (χ4n) is 2.80. The van der Waals surface area contributed by atoms with Crippen molar-refractivity contribution in [3.63, 3.8) is 0 Å². The molecule has 26 heavy (non-hydrogen) atoms. The maximum absolute atomic E-state index is 13.2. The number of nitrogens with zero attached hydrogens (tertiary/aromatic N) is 1. The topological polar surface area (TPSA) is 58.6 Å². The molecule has 2 aromatic rings. The predicted molar refractivity (Wildman–Crippen MR) is 105 cm³/mol. The maximum Gasteiger partial charge on any atom is 0.256 e. The van der Waals surface area contributed by atoms with Crippen LogP contribution in [0.5, 0.6) is 0 Å². The van der Waals surface area contributed by atoms with E-state index in [0.29, 0.717) is 52.3 Å². The highest BCUT2D eigenvalue weighted by molar-refractivity contribution is 14.1. The number of hydrogen-bond donors (Lipinski definition) is 1. The first-order valence-electron chi connectivity index (χ1n) is 8.20. The largest absolute Gasteiger partial charge is 0.378 e. The third-order valence-corrected chi connectivity index (χ3v) is 5.18. The van der Waals surface area contributed by atoms with Gasteiger partial charge in [0, 0.05) is 27.9 Å². The SMILES string of the molecule is Cc1c(NC(=O)c2ccc(F)cc2I)cccc1C(=O)N1CCOCC1. The number of benzene rings is 2. The number of amides is 2. The van der Waals surface area contributed by atoms with Crippen LogP contribution in [-0.2, 0) is 4.74 Å². The summed E-state index contributed by atoms with van der Waals surface area (Å²) < 4.78 is 19.0. The zero-order valence-corrected chi connectivity index (χ0v) is 16.4. The van der Waals surface area contributed by atoms with Crippen molar-refractivity contribution in [3.05, 3.63) is 62.5 Å². The number of hydrogen-bond acceptors (Lipinski definition) is 3. The lowest BCUT2D eigenvalue weighted by atomic mass is 10.0. The van der Waals surface area contributed by atoms with Crippen LogP contribution in [0.4, 0.5) is 10.1 Å². The van der Waals surface area contributed by atoms with Crippen LogP contribution >= 0.6 is 22.6 Å². The summed E-state index contributed by atoms with van der Waals surface area (Å²) in [5, 5.41) is 2.82. The molecule has 0 spiro atoms. The van der Waals surface area contributed by atoms with Crippen LogP contribution in [0.1, 0.15) is 26.3 Å². The Bertz CT molecular complexity index is 851. The third kappa shape index (κ3) is 4.04. The van der Waals surface area contributed by atoms with E-state index in [1.807, 2.05) is 22.6 Å². The molecule has 0 aliphatic carbocycles. The van der Waals surface area contributed by atoms with Gasteiger partial charge in [-0.3, -0.25) is 9.59 Å². The number of carbonyl (C=O) groups excluding carboxylic acids is 2. The Kier molecular flexibility index (Phi) is 5.87. The summed E-state index contributed by atoms with van der Waals surface area (Å²) in [4.78, 5) is 27.0. The quantitative estimate of drug-likeness (QED) is 0.703. The zero-order chi connectivity index (χ0) is 18.7. The summed E-state index contributed by atoms with van der Waals surface area (Å²) in [5.41, 5.74) is 2.21. The number of morpholine rings is 1. The molecule has 136 valence electrons. The first kappa shape index (κ1) is 18.8. The highest BCUT2D eigenvalue weighted by Crippen LogP contribution is 2.23. The molecular formula is C19H18FIN2O3. The van der Waals surface area contributed by atoms with Crippen molar-refractivity contribution in [3.8, 4) is 0 Å². The summed E-state index contributed by atoms with van der Waals surface area (Å²) >= 11 is 1.93. The Morgan fingerprint density at radius 3 is 2.58 bits per heavy atom. The fourth-order valence-corrected chi connectivity index (χ4v) is 3.53. The van der Waals surface area contributed by atoms with Gasteiger partial charge in [0.05, 0.1) is 18.8 Å². The Balaban J connectivity index is 1.82. The molecule has 5 nitrogen and oxygen atoms in total. The number of carbonyl (C=O) groups is 2. The molecule has 2 aromatic carbocycles. The summed E-state index contributed by atoms with van der Waals surface area (Å²) in [6, 6.07) is 9.25. The van der Waals surface area contributed by atoms with E-state index >= 15 is 0 Å². The number of halogens is 2. The second-order valence-electron chi connectivity index (χ2n) is 5.96. The minimum atomic E-state index is -0.389. The van der Waals surface area contributed by atoms with Gasteiger partial charge in [0.2, 0.25) is 0 Å². The average Bonchev–Trinajstić information content (AvgIpc) is 2.63. The monoisotopic (exact) mass is 468 g/mol. The van der Waals surface area contributed by atoms with Gasteiger partial charge >= 0.3 is 0 Å². The van der Waals surface area contributed by atoms with Crippen LogP contribution in [0.2, 0.25) is 0 Å². The van der Waals surface area contributed by atoms with E-state index < -0.39 is 0 Å². The number of nitrogens with one attached hydrogen (secondary N) is 1. The molecule has 0 bridgehead atoms. The van der Waals surface area contributed by atoms with Crippen LogP contribution in [0.15, 0.2) is 36.4 Å². The molecule has 1 N–H and O–H groups in total. The number of rotatable bonds is 3. The lowest BCUT2D eigenvalue weighted by molar-refractivity contribution is 0.0302. The molecule has 0 unspecified atom stereocenters. The van der Waals surface area contributed by atoms with Gasteiger partial charge < -0.3 is 15.0 Å². The normalized spacial score (nSPS) is 14.2. The van der Waals surface area contributed by atoms with Gasteiger partial charge in [-0.1, -0.05) is 6.07 Å². The molecular weight excluding hydrogens is 450 g/mol. The minimum Gasteiger partial charge on any atom is -0.378 e. The molecule has 7 heteroatoms. The van der Waals surface area contributed by atoms with Crippen molar-refractivity contribution in [1.29, 1.82) is 0 Å². The highest BCUT2D eigenvalue weighted by atomic mass is 127. The molecule has 1 saturated heterocycles. The van der Waals surface area contributed by atoms with Gasteiger partial charge in [-0.2, -0.15) is 0 Å². The molecule has 1 heterocycles. The van der Waals surface area contributed by atoms with Crippen molar-refractivity contribution < 1.29 is 18.7 Å². The second kappa shape index (κ2) is 8.13. The van der Waals surface area contributed by atoms with Gasteiger partial charge in [-0.25, -0.2) is 4.39 Å². The van der Waals surface area contributed by atoms with Crippen molar-refractivity contribution >= 4 is 40.1 Å². The van der Waals surface area contributed by atoms with Gasteiger partial charge in [-0.15, -0.1) is 0 Å². The van der Waals surface area contributed by atoms with Crippen LogP contribution in [0.25, 0.3) is 0 Å². The molecule has 1 fully saturated rings. The molecule has 0 saturated carbocycles. The highest BCUT2D eigenvalue weighted by Gasteiger charge is 2.21. The van der Waals surface area contributed by atoms with Gasteiger partial charge in [0.1, 0.15) is 5.82 Å². The Hall–Kier alpha value is -2.00. The van der Waals surface area contributed by atoms with Crippen LogP contribution in [0, 0.1) is 16.3 Å². The Morgan fingerprint density at radius 1 is 1.15 bits per heavy atom. The van der Waals surface area contributed by atoms with Crippen LogP contribution < -0.4 is 5.32 Å². The maximum atomic E-state index is 13.2. The molecule has 1 aliphatic heterocycles. The van der Waals surface area contributed by atoms with Crippen LogP contribution in [0.3, 0.4) is 0 Å². The van der Waals surface area contributed by atoms with Gasteiger partial charge in [0.15, 0.2) is 0 Å². The van der Waals surface area contributed by atoms with E-state index in [-0.39, 0.29) is 17.6 Å². The first-order chi connectivity index (χ1) is 12.5. The van der Waals surface area contributed by atoms with Crippen molar-refractivity contribution in [1.82, 2.24) is 4.90 Å². The summed E-state index contributed by atoms with van der Waals surface area (Å²) in [6.07, 6.45) is 0. The van der Waals surface area contributed by atoms with E-state index in [1.54, 1.807) is 30.0 Å². The number of anilines is 1. The molecule has 0 atom stereocenters.